The fourth-order valence-corrected chi connectivity index (χ4v) is 2.49. The summed E-state index contributed by atoms with van der Waals surface area (Å²) in [5.74, 6) is 0.641. The normalized spacial score (nSPS) is 10.6. The van der Waals surface area contributed by atoms with Crippen LogP contribution in [0, 0.1) is 0 Å². The van der Waals surface area contributed by atoms with E-state index in [4.69, 9.17) is 9.47 Å². The Kier molecular flexibility index (Phi) is 5.22. The summed E-state index contributed by atoms with van der Waals surface area (Å²) in [5.41, 5.74) is 1.63. The second-order valence-electron chi connectivity index (χ2n) is 5.94. The maximum atomic E-state index is 12.8. The molecule has 0 bridgehead atoms. The molecule has 1 aromatic heterocycles. The van der Waals surface area contributed by atoms with Crippen molar-refractivity contribution in [1.82, 2.24) is 9.78 Å². The summed E-state index contributed by atoms with van der Waals surface area (Å²) in [7, 11) is 1.51. The molecule has 0 atom stereocenters. The van der Waals surface area contributed by atoms with Crippen molar-refractivity contribution in [2.45, 2.75) is 20.0 Å². The molecule has 3 rings (SSSR count). The lowest BCUT2D eigenvalue weighted by molar-refractivity contribution is 0.101. The Morgan fingerprint density at radius 1 is 1.04 bits per heavy atom. The lowest BCUT2D eigenvalue weighted by atomic mass is 10.2. The van der Waals surface area contributed by atoms with Crippen molar-refractivity contribution in [3.05, 3.63) is 66.5 Å². The van der Waals surface area contributed by atoms with Gasteiger partial charge in [-0.3, -0.25) is 4.79 Å². The summed E-state index contributed by atoms with van der Waals surface area (Å²) in [4.78, 5) is 12.8. The molecule has 3 aromatic rings. The van der Waals surface area contributed by atoms with Gasteiger partial charge in [0, 0.05) is 0 Å². The molecule has 0 aliphatic carbocycles. The molecule has 6 heteroatoms. The Morgan fingerprint density at radius 3 is 2.42 bits per heavy atom. The first-order chi connectivity index (χ1) is 12.6. The van der Waals surface area contributed by atoms with Crippen LogP contribution in [0.4, 0.5) is 5.69 Å². The van der Waals surface area contributed by atoms with Crippen molar-refractivity contribution in [2.24, 2.45) is 0 Å². The van der Waals surface area contributed by atoms with Crippen molar-refractivity contribution in [1.29, 1.82) is 0 Å². The molecule has 6 nitrogen and oxygen atoms in total. The first-order valence-electron chi connectivity index (χ1n) is 8.34. The minimum absolute atomic E-state index is 0.000114. The van der Waals surface area contributed by atoms with E-state index in [9.17, 15) is 4.79 Å². The van der Waals surface area contributed by atoms with Gasteiger partial charge in [-0.1, -0.05) is 30.3 Å². The molecule has 0 saturated heterocycles. The smallest absolute Gasteiger partial charge is 0.280 e. The number of aromatic nitrogens is 2. The number of nitrogens with zero attached hydrogens (tertiary/aromatic N) is 2. The van der Waals surface area contributed by atoms with Crippen LogP contribution in [0.5, 0.6) is 11.5 Å². The van der Waals surface area contributed by atoms with Gasteiger partial charge in [0.25, 0.3) is 5.91 Å². The largest absolute Gasteiger partial charge is 0.493 e. The number of nitrogens with one attached hydrogen (secondary N) is 1. The highest BCUT2D eigenvalue weighted by Crippen LogP contribution is 2.27. The summed E-state index contributed by atoms with van der Waals surface area (Å²) in [6, 6.07) is 16.8. The topological polar surface area (TPSA) is 65.4 Å². The van der Waals surface area contributed by atoms with Gasteiger partial charge >= 0.3 is 0 Å². The molecule has 0 aliphatic heterocycles. The number of amides is 1. The van der Waals surface area contributed by atoms with Crippen molar-refractivity contribution in [2.75, 3.05) is 12.4 Å². The average molecular weight is 351 g/mol. The monoisotopic (exact) mass is 351 g/mol. The van der Waals surface area contributed by atoms with Crippen LogP contribution in [0.25, 0.3) is 5.69 Å². The molecule has 2 aromatic carbocycles. The van der Waals surface area contributed by atoms with E-state index in [0.717, 1.165) is 5.69 Å². The van der Waals surface area contributed by atoms with Crippen LogP contribution in [0.3, 0.4) is 0 Å². The van der Waals surface area contributed by atoms with Gasteiger partial charge in [-0.15, -0.1) is 0 Å². The van der Waals surface area contributed by atoms with Crippen LogP contribution < -0.4 is 14.8 Å². The number of hydrogen-bond donors (Lipinski definition) is 1. The molecule has 0 unspecified atom stereocenters. The predicted molar refractivity (Wildman–Crippen MR) is 100 cm³/mol. The van der Waals surface area contributed by atoms with E-state index in [0.29, 0.717) is 17.2 Å². The molecule has 134 valence electrons. The van der Waals surface area contributed by atoms with E-state index in [1.807, 2.05) is 62.4 Å². The number of carbonyl (C=O) groups is 1. The number of carbonyl (C=O) groups excluding carboxylic acids is 1. The number of hydrogen-bond acceptors (Lipinski definition) is 4. The van der Waals surface area contributed by atoms with Gasteiger partial charge in [0.1, 0.15) is 5.75 Å². The number of ether oxygens (including phenoxy) is 2. The van der Waals surface area contributed by atoms with Crippen molar-refractivity contribution in [3.63, 3.8) is 0 Å². The van der Waals surface area contributed by atoms with Crippen LogP contribution in [0.15, 0.2) is 60.8 Å². The van der Waals surface area contributed by atoms with Gasteiger partial charge in [0.15, 0.2) is 11.4 Å². The van der Waals surface area contributed by atoms with Gasteiger partial charge in [0.05, 0.1) is 30.8 Å². The Hall–Kier alpha value is -3.28. The molecular formula is C20H21N3O3. The molecule has 1 amide bonds. The Morgan fingerprint density at radius 2 is 1.73 bits per heavy atom. The van der Waals surface area contributed by atoms with Crippen molar-refractivity contribution >= 4 is 11.6 Å². The Bertz CT molecular complexity index is 888. The lowest BCUT2D eigenvalue weighted by Gasteiger charge is -2.14. The number of benzene rings is 2. The first-order valence-corrected chi connectivity index (χ1v) is 8.34. The van der Waals surface area contributed by atoms with Crippen LogP contribution in [0.1, 0.15) is 24.3 Å². The Labute approximate surface area is 152 Å². The van der Waals surface area contributed by atoms with Gasteiger partial charge in [-0.05, 0) is 38.1 Å². The van der Waals surface area contributed by atoms with E-state index >= 15 is 0 Å². The summed E-state index contributed by atoms with van der Waals surface area (Å²) >= 11 is 0. The first kappa shape index (κ1) is 17.5. The zero-order valence-electron chi connectivity index (χ0n) is 15.0. The quantitative estimate of drug-likeness (QED) is 0.731. The zero-order chi connectivity index (χ0) is 18.5. The summed E-state index contributed by atoms with van der Waals surface area (Å²) in [5, 5.41) is 7.23. The van der Waals surface area contributed by atoms with Gasteiger partial charge in [-0.25, -0.2) is 4.68 Å². The van der Waals surface area contributed by atoms with Crippen LogP contribution in [-0.2, 0) is 0 Å². The minimum Gasteiger partial charge on any atom is -0.493 e. The molecular weight excluding hydrogens is 330 g/mol. The third-order valence-corrected chi connectivity index (χ3v) is 3.63. The molecule has 26 heavy (non-hydrogen) atoms. The van der Waals surface area contributed by atoms with Gasteiger partial charge in [0.2, 0.25) is 0 Å². The second-order valence-corrected chi connectivity index (χ2v) is 5.94. The highest BCUT2D eigenvalue weighted by atomic mass is 16.5. The SMILES string of the molecule is COc1cn(-c2ccccc2)nc1C(=O)Nc1ccccc1OC(C)C. The van der Waals surface area contributed by atoms with Crippen LogP contribution in [0.2, 0.25) is 0 Å². The molecule has 1 N–H and O–H groups in total. The number of rotatable bonds is 6. The summed E-state index contributed by atoms with van der Waals surface area (Å²) in [6.07, 6.45) is 1.68. The second kappa shape index (κ2) is 7.74. The van der Waals surface area contributed by atoms with E-state index in [-0.39, 0.29) is 17.7 Å². The maximum Gasteiger partial charge on any atom is 0.280 e. The highest BCUT2D eigenvalue weighted by Gasteiger charge is 2.20. The third-order valence-electron chi connectivity index (χ3n) is 3.63. The molecule has 0 spiro atoms. The zero-order valence-corrected chi connectivity index (χ0v) is 15.0. The minimum atomic E-state index is -0.365. The highest BCUT2D eigenvalue weighted by molar-refractivity contribution is 6.05. The van der Waals surface area contributed by atoms with E-state index in [1.54, 1.807) is 16.9 Å². The van der Waals surface area contributed by atoms with Crippen molar-refractivity contribution < 1.29 is 14.3 Å². The van der Waals surface area contributed by atoms with Crippen LogP contribution >= 0.6 is 0 Å². The van der Waals surface area contributed by atoms with Crippen LogP contribution in [-0.4, -0.2) is 28.9 Å². The molecule has 0 saturated carbocycles. The lowest BCUT2D eigenvalue weighted by Crippen LogP contribution is -2.16. The molecule has 1 heterocycles. The number of methoxy groups -OCH3 is 1. The molecule has 0 fully saturated rings. The van der Waals surface area contributed by atoms with Gasteiger partial charge in [-0.2, -0.15) is 5.10 Å². The van der Waals surface area contributed by atoms with E-state index in [2.05, 4.69) is 10.4 Å². The van der Waals surface area contributed by atoms with Crippen molar-refractivity contribution in [3.8, 4) is 17.2 Å². The standard InChI is InChI=1S/C20H21N3O3/c1-14(2)26-17-12-8-7-11-16(17)21-20(24)19-18(25-3)13-23(22-19)15-9-5-4-6-10-15/h4-14H,1-3H3,(H,21,24). The molecule has 0 radical (unpaired) electrons. The number of anilines is 1. The maximum absolute atomic E-state index is 12.8. The summed E-state index contributed by atoms with van der Waals surface area (Å²) in [6.45, 7) is 3.87. The summed E-state index contributed by atoms with van der Waals surface area (Å²) < 4.78 is 12.7. The third kappa shape index (κ3) is 3.85. The molecule has 0 aliphatic rings. The fraction of sp³-hybridized carbons (Fsp3) is 0.200. The Balaban J connectivity index is 1.88. The number of para-hydroxylation sites is 3. The van der Waals surface area contributed by atoms with E-state index < -0.39 is 0 Å². The fourth-order valence-electron chi connectivity index (χ4n) is 2.49. The average Bonchev–Trinajstić information content (AvgIpc) is 3.08. The van der Waals surface area contributed by atoms with E-state index in [1.165, 1.54) is 7.11 Å². The predicted octanol–water partition coefficient (Wildman–Crippen LogP) is 3.92. The van der Waals surface area contributed by atoms with Gasteiger partial charge < -0.3 is 14.8 Å².